The van der Waals surface area contributed by atoms with E-state index in [-0.39, 0.29) is 38.5 Å². The number of nitrogens with zero attached hydrogens (tertiary/aromatic N) is 3. The van der Waals surface area contributed by atoms with E-state index in [0.29, 0.717) is 11.6 Å². The maximum atomic E-state index is 13.0. The highest BCUT2D eigenvalue weighted by Gasteiger charge is 2.34. The molecule has 1 saturated carbocycles. The van der Waals surface area contributed by atoms with Crippen molar-refractivity contribution in [2.24, 2.45) is 0 Å². The molecular formula is C25H31F3N6O. The number of hydrogen-bond donors (Lipinski definition) is 3. The Bertz CT molecular complexity index is 1320. The van der Waals surface area contributed by atoms with E-state index in [0.717, 1.165) is 48.5 Å². The van der Waals surface area contributed by atoms with Crippen molar-refractivity contribution < 1.29 is 18.0 Å². The van der Waals surface area contributed by atoms with Crippen LogP contribution in [0.15, 0.2) is 42.6 Å². The summed E-state index contributed by atoms with van der Waals surface area (Å²) in [5.41, 5.74) is 1.95. The Balaban J connectivity index is 0.00000171. The molecule has 7 nitrogen and oxygen atoms in total. The Morgan fingerprint density at radius 1 is 1.03 bits per heavy atom. The van der Waals surface area contributed by atoms with E-state index in [1.165, 1.54) is 4.40 Å². The highest BCUT2D eigenvalue weighted by atomic mass is 19.4. The molecule has 35 heavy (non-hydrogen) atoms. The van der Waals surface area contributed by atoms with Crippen LogP contribution in [-0.4, -0.2) is 37.3 Å². The summed E-state index contributed by atoms with van der Waals surface area (Å²) in [5, 5.41) is 6.39. The van der Waals surface area contributed by atoms with Crippen molar-refractivity contribution in [3.63, 3.8) is 0 Å². The number of benzene rings is 1. The van der Waals surface area contributed by atoms with E-state index < -0.39 is 11.9 Å². The fourth-order valence-electron chi connectivity index (χ4n) is 4.39. The minimum absolute atomic E-state index is 0. The molecule has 10 heteroatoms. The number of para-hydroxylation sites is 1. The first-order valence-corrected chi connectivity index (χ1v) is 10.9. The molecule has 0 spiro atoms. The molecule has 1 amide bonds. The van der Waals surface area contributed by atoms with Crippen molar-refractivity contribution in [2.45, 2.75) is 65.7 Å². The zero-order valence-electron chi connectivity index (χ0n) is 17.9. The van der Waals surface area contributed by atoms with Gasteiger partial charge in [-0.25, -0.2) is 9.97 Å². The number of carbonyl (C=O) groups excluding carboxylic acids is 1. The van der Waals surface area contributed by atoms with Gasteiger partial charge in [-0.15, -0.1) is 0 Å². The molecule has 1 aliphatic rings. The van der Waals surface area contributed by atoms with E-state index >= 15 is 0 Å². The summed E-state index contributed by atoms with van der Waals surface area (Å²) in [4.78, 5) is 23.8. The number of amides is 1. The summed E-state index contributed by atoms with van der Waals surface area (Å²) in [5.74, 6) is 0.636. The number of rotatable bonds is 4. The van der Waals surface area contributed by atoms with Crippen LogP contribution in [-0.2, 0) is 6.18 Å². The Morgan fingerprint density at radius 3 is 2.40 bits per heavy atom. The van der Waals surface area contributed by atoms with Gasteiger partial charge in [0, 0.05) is 18.3 Å². The van der Waals surface area contributed by atoms with E-state index in [2.05, 4.69) is 25.6 Å². The van der Waals surface area contributed by atoms with Gasteiger partial charge in [-0.3, -0.25) is 9.20 Å². The van der Waals surface area contributed by atoms with Crippen molar-refractivity contribution in [3.05, 3.63) is 59.7 Å². The minimum atomic E-state index is -4.49. The van der Waals surface area contributed by atoms with Crippen molar-refractivity contribution >= 4 is 28.4 Å². The first kappa shape index (κ1) is 26.1. The summed E-state index contributed by atoms with van der Waals surface area (Å²) >= 11 is 0. The average Bonchev–Trinajstić information content (AvgIpc) is 3.41. The quantitative estimate of drug-likeness (QED) is 0.331. The molecular weight excluding hydrogens is 457 g/mol. The van der Waals surface area contributed by atoms with Crippen LogP contribution >= 0.6 is 0 Å². The van der Waals surface area contributed by atoms with Gasteiger partial charge in [0.15, 0.2) is 11.5 Å². The highest BCUT2D eigenvalue weighted by molar-refractivity contribution is 5.94. The van der Waals surface area contributed by atoms with Crippen LogP contribution in [0.25, 0.3) is 16.7 Å². The van der Waals surface area contributed by atoms with Crippen LogP contribution in [0.2, 0.25) is 0 Å². The Hall–Kier alpha value is -3.56. The van der Waals surface area contributed by atoms with Gasteiger partial charge in [0.25, 0.3) is 5.91 Å². The number of hydrogen-bond acceptors (Lipinski definition) is 4. The third-order valence-corrected chi connectivity index (χ3v) is 6.13. The molecule has 3 N–H and O–H groups in total. The Labute approximate surface area is 202 Å². The number of aromatic nitrogens is 4. The van der Waals surface area contributed by atoms with Gasteiger partial charge in [-0.05, 0) is 56.4 Å². The van der Waals surface area contributed by atoms with Gasteiger partial charge in [0.2, 0.25) is 0 Å². The van der Waals surface area contributed by atoms with Crippen LogP contribution in [0, 0.1) is 6.92 Å². The predicted octanol–water partition coefficient (Wildman–Crippen LogP) is 5.96. The topological polar surface area (TPSA) is 87.1 Å². The van der Waals surface area contributed by atoms with Gasteiger partial charge in [0.1, 0.15) is 11.5 Å². The fourth-order valence-corrected chi connectivity index (χ4v) is 4.39. The number of anilines is 1. The SMILES string of the molecule is C.C.Cc1cccc2[nH]c(C(=O)NC3CCC(Nc4cccc5nc(C(F)(F)F)cn45)CC3)nc12. The maximum absolute atomic E-state index is 13.0. The monoisotopic (exact) mass is 488 g/mol. The third-order valence-electron chi connectivity index (χ3n) is 6.13. The van der Waals surface area contributed by atoms with Crippen LogP contribution in [0.5, 0.6) is 0 Å². The summed E-state index contributed by atoms with van der Waals surface area (Å²) in [6.45, 7) is 1.95. The number of H-pyrrole nitrogens is 1. The molecule has 4 aromatic rings. The minimum Gasteiger partial charge on any atom is -0.368 e. The molecule has 0 unspecified atom stereocenters. The second kappa shape index (κ2) is 9.97. The van der Waals surface area contributed by atoms with Gasteiger partial charge >= 0.3 is 6.18 Å². The number of aromatic amines is 1. The number of carbonyl (C=O) groups is 1. The van der Waals surface area contributed by atoms with Crippen LogP contribution in [0.1, 0.15) is 62.4 Å². The summed E-state index contributed by atoms with van der Waals surface area (Å²) < 4.78 is 40.5. The first-order chi connectivity index (χ1) is 15.8. The van der Waals surface area contributed by atoms with Crippen molar-refractivity contribution in [2.75, 3.05) is 5.32 Å². The standard InChI is InChI=1S/C23H23F3N6O.2CH4/c1-13-4-2-5-16-20(13)31-21(29-16)22(33)28-15-10-8-14(9-11-15)27-18-6-3-7-19-30-17(12-32(18)19)23(24,25)26;;/h2-7,12,14-15,27H,8-11H2,1H3,(H,28,33)(H,29,31);2*1H4. The molecule has 0 atom stereocenters. The molecule has 0 saturated heterocycles. The number of fused-ring (bicyclic) bond motifs is 2. The van der Waals surface area contributed by atoms with E-state index in [9.17, 15) is 18.0 Å². The normalized spacial score (nSPS) is 18.1. The fraction of sp³-hybridized carbons (Fsp3) is 0.400. The highest BCUT2D eigenvalue weighted by Crippen LogP contribution is 2.30. The van der Waals surface area contributed by atoms with Crippen molar-refractivity contribution in [1.29, 1.82) is 0 Å². The molecule has 1 aliphatic carbocycles. The van der Waals surface area contributed by atoms with Gasteiger partial charge in [-0.2, -0.15) is 13.2 Å². The smallest absolute Gasteiger partial charge is 0.368 e. The van der Waals surface area contributed by atoms with Crippen molar-refractivity contribution in [3.8, 4) is 0 Å². The number of aryl methyl sites for hydroxylation is 1. The number of imidazole rings is 2. The van der Waals surface area contributed by atoms with E-state index in [4.69, 9.17) is 0 Å². The third kappa shape index (κ3) is 5.26. The van der Waals surface area contributed by atoms with Gasteiger partial charge < -0.3 is 15.6 Å². The number of halogens is 3. The lowest BCUT2D eigenvalue weighted by Crippen LogP contribution is -2.40. The van der Waals surface area contributed by atoms with Gasteiger partial charge in [-0.1, -0.05) is 33.1 Å². The second-order valence-corrected chi connectivity index (χ2v) is 8.49. The van der Waals surface area contributed by atoms with Crippen molar-refractivity contribution in [1.82, 2.24) is 24.7 Å². The molecule has 3 heterocycles. The summed E-state index contributed by atoms with van der Waals surface area (Å²) in [6, 6.07) is 10.8. The number of nitrogens with one attached hydrogen (secondary N) is 3. The Morgan fingerprint density at radius 2 is 1.71 bits per heavy atom. The molecule has 0 bridgehead atoms. The lowest BCUT2D eigenvalue weighted by atomic mass is 9.91. The van der Waals surface area contributed by atoms with Crippen LogP contribution < -0.4 is 10.6 Å². The second-order valence-electron chi connectivity index (χ2n) is 8.49. The number of alkyl halides is 3. The zero-order valence-corrected chi connectivity index (χ0v) is 17.9. The Kier molecular flexibility index (Phi) is 7.42. The average molecular weight is 489 g/mol. The largest absolute Gasteiger partial charge is 0.434 e. The maximum Gasteiger partial charge on any atom is 0.434 e. The molecule has 0 aliphatic heterocycles. The van der Waals surface area contributed by atoms with E-state index in [1.54, 1.807) is 18.2 Å². The van der Waals surface area contributed by atoms with Gasteiger partial charge in [0.05, 0.1) is 11.0 Å². The summed E-state index contributed by atoms with van der Waals surface area (Å²) in [6.07, 6.45) is -0.397. The van der Waals surface area contributed by atoms with E-state index in [1.807, 2.05) is 25.1 Å². The first-order valence-electron chi connectivity index (χ1n) is 10.9. The molecule has 3 aromatic heterocycles. The molecule has 5 rings (SSSR count). The zero-order chi connectivity index (χ0) is 23.2. The lowest BCUT2D eigenvalue weighted by Gasteiger charge is -2.30. The molecule has 1 fully saturated rings. The van der Waals surface area contributed by atoms with Crippen LogP contribution in [0.4, 0.5) is 19.0 Å². The lowest BCUT2D eigenvalue weighted by molar-refractivity contribution is -0.140. The molecule has 188 valence electrons. The summed E-state index contributed by atoms with van der Waals surface area (Å²) in [7, 11) is 0. The molecule has 1 aromatic carbocycles. The predicted molar refractivity (Wildman–Crippen MR) is 132 cm³/mol. The molecule has 0 radical (unpaired) electrons. The number of pyridine rings is 1. The van der Waals surface area contributed by atoms with Crippen LogP contribution in [0.3, 0.4) is 0 Å².